The molecule has 1 heterocycles. The van der Waals surface area contributed by atoms with E-state index in [2.05, 4.69) is 62.2 Å². The second kappa shape index (κ2) is 11.3. The number of hydrogen-bond donors (Lipinski definition) is 3. The number of rotatable bonds is 9. The summed E-state index contributed by atoms with van der Waals surface area (Å²) in [7, 11) is 5.24. The van der Waals surface area contributed by atoms with Gasteiger partial charge in [0, 0.05) is 52.1 Å². The number of hydrogen-bond acceptors (Lipinski definition) is 5. The van der Waals surface area contributed by atoms with Gasteiger partial charge < -0.3 is 30.3 Å². The minimum atomic E-state index is 0.341. The van der Waals surface area contributed by atoms with Crippen molar-refractivity contribution in [3.05, 3.63) is 54.1 Å². The molecule has 1 aliphatic rings. The zero-order valence-electron chi connectivity index (χ0n) is 18.1. The number of anilines is 2. The molecule has 1 fully saturated rings. The van der Waals surface area contributed by atoms with Crippen molar-refractivity contribution < 1.29 is 9.47 Å². The van der Waals surface area contributed by atoms with Gasteiger partial charge in [-0.05, 0) is 36.2 Å². The van der Waals surface area contributed by atoms with E-state index in [4.69, 9.17) is 9.47 Å². The van der Waals surface area contributed by atoms with Crippen molar-refractivity contribution in [2.24, 2.45) is 4.99 Å². The number of methoxy groups -OCH3 is 2. The van der Waals surface area contributed by atoms with E-state index in [1.54, 1.807) is 14.2 Å². The Bertz CT molecular complexity index is 809. The third kappa shape index (κ3) is 6.03. The molecule has 3 rings (SSSR count). The van der Waals surface area contributed by atoms with Gasteiger partial charge in [-0.1, -0.05) is 24.3 Å². The van der Waals surface area contributed by atoms with Crippen molar-refractivity contribution >= 4 is 17.3 Å². The highest BCUT2D eigenvalue weighted by molar-refractivity contribution is 5.80. The number of aliphatic imine (C=N–C) groups is 1. The van der Waals surface area contributed by atoms with E-state index in [-0.39, 0.29) is 0 Å². The van der Waals surface area contributed by atoms with E-state index in [0.29, 0.717) is 12.6 Å². The summed E-state index contributed by atoms with van der Waals surface area (Å²) in [5, 5.41) is 10.3. The van der Waals surface area contributed by atoms with Crippen molar-refractivity contribution in [2.75, 3.05) is 57.7 Å². The number of guanidine groups is 1. The minimum absolute atomic E-state index is 0.341. The molecule has 7 nitrogen and oxygen atoms in total. The number of nitrogens with one attached hydrogen (secondary N) is 3. The minimum Gasteiger partial charge on any atom is -0.495 e. The topological polar surface area (TPSA) is 70.2 Å². The molecule has 1 atom stereocenters. The van der Waals surface area contributed by atoms with Crippen LogP contribution < -0.4 is 25.6 Å². The Hall–Kier alpha value is -2.93. The van der Waals surface area contributed by atoms with E-state index < -0.39 is 0 Å². The Morgan fingerprint density at radius 1 is 1.13 bits per heavy atom. The quantitative estimate of drug-likeness (QED) is 0.335. The lowest BCUT2D eigenvalue weighted by Gasteiger charge is -2.22. The Kier molecular flexibility index (Phi) is 8.20. The molecule has 0 radical (unpaired) electrons. The van der Waals surface area contributed by atoms with Crippen LogP contribution in [0.5, 0.6) is 5.75 Å². The zero-order valence-corrected chi connectivity index (χ0v) is 18.1. The molecular formula is C23H33N5O2. The van der Waals surface area contributed by atoms with Crippen LogP contribution in [0.15, 0.2) is 53.5 Å². The molecule has 30 heavy (non-hydrogen) atoms. The van der Waals surface area contributed by atoms with Gasteiger partial charge >= 0.3 is 0 Å². The average molecular weight is 412 g/mol. The van der Waals surface area contributed by atoms with Gasteiger partial charge in [-0.15, -0.1) is 0 Å². The van der Waals surface area contributed by atoms with Crippen molar-refractivity contribution in [2.45, 2.75) is 19.0 Å². The van der Waals surface area contributed by atoms with Gasteiger partial charge in [-0.2, -0.15) is 0 Å². The fourth-order valence-corrected chi connectivity index (χ4v) is 3.60. The first kappa shape index (κ1) is 21.8. The van der Waals surface area contributed by atoms with E-state index in [1.165, 1.54) is 5.56 Å². The molecule has 2 aromatic rings. The van der Waals surface area contributed by atoms with Crippen LogP contribution >= 0.6 is 0 Å². The first-order valence-corrected chi connectivity index (χ1v) is 10.4. The Labute approximate surface area is 179 Å². The van der Waals surface area contributed by atoms with Crippen molar-refractivity contribution in [3.8, 4) is 5.75 Å². The highest BCUT2D eigenvalue weighted by atomic mass is 16.5. The first-order chi connectivity index (χ1) is 14.7. The fourth-order valence-electron chi connectivity index (χ4n) is 3.60. The lowest BCUT2D eigenvalue weighted by atomic mass is 10.2. The summed E-state index contributed by atoms with van der Waals surface area (Å²) in [6.07, 6.45) is 1.06. The molecule has 0 spiro atoms. The average Bonchev–Trinajstić information content (AvgIpc) is 3.26. The van der Waals surface area contributed by atoms with Gasteiger partial charge in [0.2, 0.25) is 0 Å². The molecule has 3 N–H and O–H groups in total. The molecule has 1 aliphatic heterocycles. The Morgan fingerprint density at radius 3 is 2.67 bits per heavy atom. The molecular weight excluding hydrogens is 378 g/mol. The van der Waals surface area contributed by atoms with Crippen LogP contribution in [-0.2, 0) is 11.3 Å². The summed E-state index contributed by atoms with van der Waals surface area (Å²) in [5.41, 5.74) is 3.45. The molecule has 1 saturated heterocycles. The van der Waals surface area contributed by atoms with Crippen molar-refractivity contribution in [1.29, 1.82) is 0 Å². The molecule has 0 aliphatic carbocycles. The summed E-state index contributed by atoms with van der Waals surface area (Å²) in [5.74, 6) is 1.74. The third-order valence-electron chi connectivity index (χ3n) is 5.23. The summed E-state index contributed by atoms with van der Waals surface area (Å²) in [6, 6.07) is 16.9. The predicted octanol–water partition coefficient (Wildman–Crippen LogP) is 2.70. The highest BCUT2D eigenvalue weighted by Crippen LogP contribution is 2.30. The van der Waals surface area contributed by atoms with Gasteiger partial charge in [0.05, 0.1) is 19.4 Å². The SMILES string of the molecule is CN=C(NCc1ccc(NCCOC)cc1)NC1CCN(c2ccccc2OC)C1. The molecule has 0 bridgehead atoms. The van der Waals surface area contributed by atoms with E-state index in [9.17, 15) is 0 Å². The smallest absolute Gasteiger partial charge is 0.191 e. The summed E-state index contributed by atoms with van der Waals surface area (Å²) in [4.78, 5) is 6.75. The molecule has 1 unspecified atom stereocenters. The normalized spacial score (nSPS) is 16.4. The fraction of sp³-hybridized carbons (Fsp3) is 0.435. The standard InChI is InChI=1S/C23H33N5O2/c1-24-23(26-16-18-8-10-19(11-9-18)25-13-15-29-2)27-20-12-14-28(17-20)21-6-4-5-7-22(21)30-3/h4-11,20,25H,12-17H2,1-3H3,(H2,24,26,27). The maximum absolute atomic E-state index is 5.51. The molecule has 162 valence electrons. The van der Waals surface area contributed by atoms with E-state index in [0.717, 1.165) is 55.7 Å². The zero-order chi connectivity index (χ0) is 21.2. The number of para-hydroxylation sites is 2. The van der Waals surface area contributed by atoms with Crippen LogP contribution in [0.3, 0.4) is 0 Å². The van der Waals surface area contributed by atoms with Crippen molar-refractivity contribution in [1.82, 2.24) is 10.6 Å². The lowest BCUT2D eigenvalue weighted by molar-refractivity contribution is 0.211. The maximum atomic E-state index is 5.51. The van der Waals surface area contributed by atoms with Crippen LogP contribution in [0, 0.1) is 0 Å². The third-order valence-corrected chi connectivity index (χ3v) is 5.23. The molecule has 7 heteroatoms. The van der Waals surface area contributed by atoms with Gasteiger partial charge in [0.1, 0.15) is 5.75 Å². The Morgan fingerprint density at radius 2 is 1.93 bits per heavy atom. The van der Waals surface area contributed by atoms with Crippen molar-refractivity contribution in [3.63, 3.8) is 0 Å². The van der Waals surface area contributed by atoms with Gasteiger partial charge in [0.15, 0.2) is 5.96 Å². The highest BCUT2D eigenvalue weighted by Gasteiger charge is 2.25. The van der Waals surface area contributed by atoms with Crippen LogP contribution in [0.25, 0.3) is 0 Å². The van der Waals surface area contributed by atoms with Crippen LogP contribution in [0.1, 0.15) is 12.0 Å². The second-order valence-corrected chi connectivity index (χ2v) is 7.29. The maximum Gasteiger partial charge on any atom is 0.191 e. The number of benzene rings is 2. The summed E-state index contributed by atoms with van der Waals surface area (Å²) >= 11 is 0. The number of nitrogens with zero attached hydrogens (tertiary/aromatic N) is 2. The van der Waals surface area contributed by atoms with Crippen LogP contribution in [0.2, 0.25) is 0 Å². The largest absolute Gasteiger partial charge is 0.495 e. The summed E-state index contributed by atoms with van der Waals surface area (Å²) < 4.78 is 10.6. The van der Waals surface area contributed by atoms with E-state index >= 15 is 0 Å². The molecule has 2 aromatic carbocycles. The summed E-state index contributed by atoms with van der Waals surface area (Å²) in [6.45, 7) is 4.13. The first-order valence-electron chi connectivity index (χ1n) is 10.4. The number of ether oxygens (including phenoxy) is 2. The predicted molar refractivity (Wildman–Crippen MR) is 124 cm³/mol. The van der Waals surface area contributed by atoms with Crippen LogP contribution in [0.4, 0.5) is 11.4 Å². The molecule has 0 amide bonds. The Balaban J connectivity index is 1.47. The monoisotopic (exact) mass is 411 g/mol. The van der Waals surface area contributed by atoms with Gasteiger partial charge in [0.25, 0.3) is 0 Å². The lowest BCUT2D eigenvalue weighted by Crippen LogP contribution is -2.44. The van der Waals surface area contributed by atoms with Crippen LogP contribution in [-0.4, -0.2) is 59.5 Å². The molecule has 0 saturated carbocycles. The second-order valence-electron chi connectivity index (χ2n) is 7.29. The van der Waals surface area contributed by atoms with Gasteiger partial charge in [-0.3, -0.25) is 4.99 Å². The molecule has 0 aromatic heterocycles. The van der Waals surface area contributed by atoms with Gasteiger partial charge in [-0.25, -0.2) is 0 Å². The van der Waals surface area contributed by atoms with E-state index in [1.807, 2.05) is 19.2 Å².